The number of aromatic carboxylic acids is 1. The molecule has 1 aliphatic heterocycles. The quantitative estimate of drug-likeness (QED) is 0.785. The minimum atomic E-state index is -1.27. The van der Waals surface area contributed by atoms with Gasteiger partial charge in [0, 0.05) is 16.7 Å². The first-order valence-corrected chi connectivity index (χ1v) is 8.20. The maximum absolute atomic E-state index is 12.4. The summed E-state index contributed by atoms with van der Waals surface area (Å²) in [5.74, 6) is -0.863. The van der Waals surface area contributed by atoms with Crippen molar-refractivity contribution in [3.63, 3.8) is 0 Å². The van der Waals surface area contributed by atoms with Gasteiger partial charge in [0.2, 0.25) is 0 Å². The molecule has 24 heavy (non-hydrogen) atoms. The molecule has 0 amide bonds. The molecule has 7 nitrogen and oxygen atoms in total. The highest BCUT2D eigenvalue weighted by atomic mass is 79.9. The lowest BCUT2D eigenvalue weighted by Gasteiger charge is -2.25. The molecular formula is C16H15BrN4O3. The third-order valence-corrected chi connectivity index (χ3v) is 4.36. The van der Waals surface area contributed by atoms with Crippen molar-refractivity contribution in [3.8, 4) is 0 Å². The van der Waals surface area contributed by atoms with Crippen molar-refractivity contribution < 1.29 is 9.90 Å². The molecule has 0 saturated carbocycles. The summed E-state index contributed by atoms with van der Waals surface area (Å²) < 4.78 is 2.33. The van der Waals surface area contributed by atoms with Crippen LogP contribution < -0.4 is 11.0 Å². The number of hydrogen-bond acceptors (Lipinski definition) is 5. The van der Waals surface area contributed by atoms with Crippen molar-refractivity contribution in [1.82, 2.24) is 9.55 Å². The van der Waals surface area contributed by atoms with Gasteiger partial charge in [0.25, 0.3) is 5.56 Å². The Kier molecular flexibility index (Phi) is 4.48. The van der Waals surface area contributed by atoms with Gasteiger partial charge in [-0.05, 0) is 38.0 Å². The molecule has 2 aromatic rings. The van der Waals surface area contributed by atoms with E-state index in [-0.39, 0.29) is 11.6 Å². The van der Waals surface area contributed by atoms with E-state index in [1.54, 1.807) is 0 Å². The van der Waals surface area contributed by atoms with Crippen LogP contribution in [0, 0.1) is 0 Å². The summed E-state index contributed by atoms with van der Waals surface area (Å²) in [6, 6.07) is 7.41. The van der Waals surface area contributed by atoms with Crippen LogP contribution in [-0.2, 0) is 0 Å². The monoisotopic (exact) mass is 390 g/mol. The van der Waals surface area contributed by atoms with Crippen LogP contribution >= 0.6 is 15.9 Å². The molecule has 0 spiro atoms. The van der Waals surface area contributed by atoms with Gasteiger partial charge >= 0.3 is 5.97 Å². The molecule has 1 aromatic carbocycles. The van der Waals surface area contributed by atoms with Gasteiger partial charge < -0.3 is 5.11 Å². The van der Waals surface area contributed by atoms with Crippen molar-refractivity contribution in [2.45, 2.75) is 25.8 Å². The second-order valence-corrected chi connectivity index (χ2v) is 6.46. The third-order valence-electron chi connectivity index (χ3n) is 3.87. The van der Waals surface area contributed by atoms with Gasteiger partial charge in [0.05, 0.1) is 5.69 Å². The smallest absolute Gasteiger partial charge is 0.342 e. The van der Waals surface area contributed by atoms with E-state index in [1.165, 1.54) is 4.57 Å². The zero-order chi connectivity index (χ0) is 17.3. The Balaban J connectivity index is 2.00. The lowest BCUT2D eigenvalue weighted by molar-refractivity contribution is 0.0693. The fraction of sp³-hybridized carbons (Fsp3) is 0.250. The number of nitrogens with one attached hydrogen (secondary N) is 1. The summed E-state index contributed by atoms with van der Waals surface area (Å²) in [6.45, 7) is 1.87. The highest BCUT2D eigenvalue weighted by Gasteiger charge is 2.26. The van der Waals surface area contributed by atoms with Crippen LogP contribution in [0.2, 0.25) is 0 Å². The topological polar surface area (TPSA) is 96.6 Å². The average Bonchev–Trinajstić information content (AvgIpc) is 2.54. The SMILES string of the molecule is CC1CC/C(=N\Nc2cccc(Br)c2)c2ncc(C(=O)O)c(=O)n21. The minimum Gasteiger partial charge on any atom is -0.477 e. The summed E-state index contributed by atoms with van der Waals surface area (Å²) >= 11 is 3.39. The van der Waals surface area contributed by atoms with Crippen molar-refractivity contribution in [2.75, 3.05) is 5.43 Å². The largest absolute Gasteiger partial charge is 0.477 e. The number of carboxylic acid groups (broad SMARTS) is 1. The van der Waals surface area contributed by atoms with Crippen LogP contribution in [0.1, 0.15) is 42.0 Å². The van der Waals surface area contributed by atoms with Crippen LogP contribution in [0.25, 0.3) is 0 Å². The first kappa shape index (κ1) is 16.4. The number of carboxylic acids is 1. The Morgan fingerprint density at radius 1 is 1.50 bits per heavy atom. The number of hydrogen-bond donors (Lipinski definition) is 2. The summed E-state index contributed by atoms with van der Waals surface area (Å²) in [4.78, 5) is 27.7. The molecule has 1 unspecified atom stereocenters. The van der Waals surface area contributed by atoms with Gasteiger partial charge in [0.1, 0.15) is 11.3 Å². The van der Waals surface area contributed by atoms with Crippen LogP contribution in [0.4, 0.5) is 5.69 Å². The van der Waals surface area contributed by atoms with E-state index in [0.717, 1.165) is 16.4 Å². The molecule has 0 radical (unpaired) electrons. The maximum Gasteiger partial charge on any atom is 0.342 e. The molecule has 0 aliphatic carbocycles. The molecule has 2 heterocycles. The van der Waals surface area contributed by atoms with Gasteiger partial charge in [-0.2, -0.15) is 5.10 Å². The van der Waals surface area contributed by atoms with E-state index >= 15 is 0 Å². The van der Waals surface area contributed by atoms with Gasteiger partial charge in [0.15, 0.2) is 5.82 Å². The van der Waals surface area contributed by atoms with Crippen LogP contribution in [-0.4, -0.2) is 26.3 Å². The van der Waals surface area contributed by atoms with Gasteiger partial charge in [-0.3, -0.25) is 14.8 Å². The minimum absolute atomic E-state index is 0.121. The van der Waals surface area contributed by atoms with E-state index < -0.39 is 11.5 Å². The number of aromatic nitrogens is 2. The summed E-state index contributed by atoms with van der Waals surface area (Å²) in [5, 5.41) is 13.5. The second-order valence-electron chi connectivity index (χ2n) is 5.54. The van der Waals surface area contributed by atoms with Crippen molar-refractivity contribution in [2.24, 2.45) is 5.10 Å². The van der Waals surface area contributed by atoms with Gasteiger partial charge in [-0.1, -0.05) is 22.0 Å². The normalized spacial score (nSPS) is 18.2. The van der Waals surface area contributed by atoms with Crippen LogP contribution in [0.3, 0.4) is 0 Å². The molecule has 2 N–H and O–H groups in total. The second kappa shape index (κ2) is 6.56. The fourth-order valence-corrected chi connectivity index (χ4v) is 3.02. The van der Waals surface area contributed by atoms with Gasteiger partial charge in [-0.15, -0.1) is 0 Å². The molecule has 0 fully saturated rings. The molecule has 1 aromatic heterocycles. The Bertz CT molecular complexity index is 891. The number of benzene rings is 1. The Hall–Kier alpha value is -2.48. The number of fused-ring (bicyclic) bond motifs is 1. The summed E-state index contributed by atoms with van der Waals surface area (Å²) in [7, 11) is 0. The van der Waals surface area contributed by atoms with E-state index in [4.69, 9.17) is 5.11 Å². The molecule has 3 rings (SSSR count). The van der Waals surface area contributed by atoms with Crippen molar-refractivity contribution in [1.29, 1.82) is 0 Å². The highest BCUT2D eigenvalue weighted by molar-refractivity contribution is 9.10. The molecular weight excluding hydrogens is 376 g/mol. The molecule has 0 bridgehead atoms. The zero-order valence-electron chi connectivity index (χ0n) is 12.9. The van der Waals surface area contributed by atoms with Crippen LogP contribution in [0.5, 0.6) is 0 Å². The predicted molar refractivity (Wildman–Crippen MR) is 93.7 cm³/mol. The fourth-order valence-electron chi connectivity index (χ4n) is 2.62. The first-order chi connectivity index (χ1) is 11.5. The van der Waals surface area contributed by atoms with Crippen molar-refractivity contribution >= 4 is 33.3 Å². The Labute approximate surface area is 146 Å². The first-order valence-electron chi connectivity index (χ1n) is 7.40. The zero-order valence-corrected chi connectivity index (χ0v) is 14.4. The predicted octanol–water partition coefficient (Wildman–Crippen LogP) is 2.88. The number of hydrazone groups is 1. The lowest BCUT2D eigenvalue weighted by atomic mass is 10.0. The highest BCUT2D eigenvalue weighted by Crippen LogP contribution is 2.22. The lowest BCUT2D eigenvalue weighted by Crippen LogP contribution is -2.37. The van der Waals surface area contributed by atoms with Crippen LogP contribution in [0.15, 0.2) is 44.8 Å². The maximum atomic E-state index is 12.4. The van der Waals surface area contributed by atoms with Crippen molar-refractivity contribution in [3.05, 3.63) is 56.7 Å². The molecule has 1 atom stereocenters. The third kappa shape index (κ3) is 3.09. The number of halogens is 1. The molecule has 1 aliphatic rings. The van der Waals surface area contributed by atoms with E-state index in [0.29, 0.717) is 24.4 Å². The van der Waals surface area contributed by atoms with E-state index in [2.05, 4.69) is 31.4 Å². The average molecular weight is 391 g/mol. The van der Waals surface area contributed by atoms with Gasteiger partial charge in [-0.25, -0.2) is 9.78 Å². The number of anilines is 1. The standard InChI is InChI=1S/C16H15BrN4O3/c1-9-5-6-13(20-19-11-4-2-3-10(17)7-11)14-18-8-12(16(23)24)15(22)21(9)14/h2-4,7-9,19H,5-6H2,1H3,(H,23,24)/b20-13+. The number of carbonyl (C=O) groups is 1. The van der Waals surface area contributed by atoms with E-state index in [9.17, 15) is 9.59 Å². The molecule has 0 saturated heterocycles. The Morgan fingerprint density at radius 3 is 3.00 bits per heavy atom. The molecule has 8 heteroatoms. The summed E-state index contributed by atoms with van der Waals surface area (Å²) in [5.41, 5.74) is 3.51. The number of rotatable bonds is 3. The number of nitrogens with zero attached hydrogens (tertiary/aromatic N) is 3. The Morgan fingerprint density at radius 2 is 2.29 bits per heavy atom. The summed E-state index contributed by atoms with van der Waals surface area (Å²) in [6.07, 6.45) is 2.45. The molecule has 124 valence electrons. The van der Waals surface area contributed by atoms with E-state index in [1.807, 2.05) is 31.2 Å².